The molecule has 2 aromatic carbocycles. The first kappa shape index (κ1) is 9.06. The number of anilines is 4. The van der Waals surface area contributed by atoms with E-state index in [2.05, 4.69) is 5.32 Å². The average molecular weight is 214 g/mol. The first-order chi connectivity index (χ1) is 7.77. The van der Waals surface area contributed by atoms with Crippen molar-refractivity contribution in [3.8, 4) is 5.75 Å². The minimum absolute atomic E-state index is 0.0435. The van der Waals surface area contributed by atoms with Gasteiger partial charge in [0.2, 0.25) is 0 Å². The number of phenolic OH excluding ortho intramolecular Hbond substituents is 1. The van der Waals surface area contributed by atoms with Crippen molar-refractivity contribution in [2.75, 3.05) is 10.4 Å². The largest absolute Gasteiger partial charge is 0.506 e. The van der Waals surface area contributed by atoms with Crippen LogP contribution in [0.15, 0.2) is 42.5 Å². The van der Waals surface area contributed by atoms with Crippen molar-refractivity contribution in [3.63, 3.8) is 0 Å². The SMILES string of the molecule is Oc1cccc2c1N(O)c1ccccc1N2. The highest BCUT2D eigenvalue weighted by Crippen LogP contribution is 2.46. The minimum atomic E-state index is 0.0435. The second-order valence-corrected chi connectivity index (χ2v) is 3.63. The van der Waals surface area contributed by atoms with E-state index in [4.69, 9.17) is 0 Å². The highest BCUT2D eigenvalue weighted by atomic mass is 16.5. The van der Waals surface area contributed by atoms with E-state index < -0.39 is 0 Å². The standard InChI is InChI=1S/C12H10N2O2/c15-11-7-3-5-9-12(11)14(16)10-6-2-1-4-8(10)13-9/h1-7,13,15-16H. The fourth-order valence-corrected chi connectivity index (χ4v) is 1.88. The minimum Gasteiger partial charge on any atom is -0.506 e. The predicted molar refractivity (Wildman–Crippen MR) is 61.8 cm³/mol. The van der Waals surface area contributed by atoms with Crippen molar-refractivity contribution in [2.45, 2.75) is 0 Å². The summed E-state index contributed by atoms with van der Waals surface area (Å²) >= 11 is 0. The molecule has 0 unspecified atom stereocenters. The number of hydrogen-bond acceptors (Lipinski definition) is 4. The lowest BCUT2D eigenvalue weighted by atomic mass is 10.1. The van der Waals surface area contributed by atoms with Gasteiger partial charge in [0.1, 0.15) is 11.4 Å². The molecule has 0 aromatic heterocycles. The molecule has 16 heavy (non-hydrogen) atoms. The molecule has 2 aromatic rings. The number of nitrogens with zero attached hydrogens (tertiary/aromatic N) is 1. The van der Waals surface area contributed by atoms with Gasteiger partial charge in [-0.15, -0.1) is 0 Å². The van der Waals surface area contributed by atoms with Gasteiger partial charge in [0.15, 0.2) is 0 Å². The third kappa shape index (κ3) is 1.14. The van der Waals surface area contributed by atoms with Crippen LogP contribution in [-0.4, -0.2) is 10.3 Å². The Kier molecular flexibility index (Phi) is 1.78. The first-order valence-electron chi connectivity index (χ1n) is 4.94. The van der Waals surface area contributed by atoms with Crippen LogP contribution < -0.4 is 10.4 Å². The van der Waals surface area contributed by atoms with Crippen molar-refractivity contribution in [1.82, 2.24) is 0 Å². The van der Waals surface area contributed by atoms with Crippen molar-refractivity contribution in [3.05, 3.63) is 42.5 Å². The van der Waals surface area contributed by atoms with E-state index in [1.807, 2.05) is 18.2 Å². The molecule has 0 atom stereocenters. The normalized spacial score (nSPS) is 12.7. The second-order valence-electron chi connectivity index (χ2n) is 3.63. The predicted octanol–water partition coefficient (Wildman–Crippen LogP) is 2.98. The highest BCUT2D eigenvalue weighted by Gasteiger charge is 2.23. The molecule has 3 N–H and O–H groups in total. The monoisotopic (exact) mass is 214 g/mol. The molecule has 4 heteroatoms. The van der Waals surface area contributed by atoms with Gasteiger partial charge >= 0.3 is 0 Å². The van der Waals surface area contributed by atoms with Gasteiger partial charge < -0.3 is 10.4 Å². The maximum atomic E-state index is 10.0. The molecule has 0 spiro atoms. The summed E-state index contributed by atoms with van der Waals surface area (Å²) in [6.07, 6.45) is 0. The van der Waals surface area contributed by atoms with Crippen LogP contribution in [0, 0.1) is 0 Å². The topological polar surface area (TPSA) is 55.7 Å². The molecular formula is C12H10N2O2. The van der Waals surface area contributed by atoms with E-state index in [1.54, 1.807) is 18.2 Å². The molecule has 1 heterocycles. The van der Waals surface area contributed by atoms with Crippen LogP contribution in [0.1, 0.15) is 0 Å². The Bertz CT molecular complexity index is 554. The zero-order valence-electron chi connectivity index (χ0n) is 8.38. The van der Waals surface area contributed by atoms with E-state index in [1.165, 1.54) is 6.07 Å². The molecule has 0 saturated heterocycles. The van der Waals surface area contributed by atoms with Crippen LogP contribution in [-0.2, 0) is 0 Å². The van der Waals surface area contributed by atoms with E-state index in [0.717, 1.165) is 10.8 Å². The number of benzene rings is 2. The second kappa shape index (κ2) is 3.15. The lowest BCUT2D eigenvalue weighted by molar-refractivity contribution is 0.296. The number of fused-ring (bicyclic) bond motifs is 2. The Morgan fingerprint density at radius 3 is 2.56 bits per heavy atom. The molecule has 0 saturated carbocycles. The van der Waals surface area contributed by atoms with Crippen molar-refractivity contribution < 1.29 is 10.3 Å². The molecule has 80 valence electrons. The lowest BCUT2D eigenvalue weighted by Crippen LogP contribution is -2.18. The summed E-state index contributed by atoms with van der Waals surface area (Å²) in [5.41, 5.74) is 2.49. The Balaban J connectivity index is 2.23. The van der Waals surface area contributed by atoms with Crippen molar-refractivity contribution >= 4 is 22.7 Å². The van der Waals surface area contributed by atoms with Crippen molar-refractivity contribution in [1.29, 1.82) is 0 Å². The highest BCUT2D eigenvalue weighted by molar-refractivity contribution is 5.92. The molecule has 1 aliphatic rings. The zero-order chi connectivity index (χ0) is 11.1. The summed E-state index contributed by atoms with van der Waals surface area (Å²) in [6, 6.07) is 12.4. The van der Waals surface area contributed by atoms with Crippen LogP contribution in [0.25, 0.3) is 0 Å². The van der Waals surface area contributed by atoms with Crippen LogP contribution in [0.3, 0.4) is 0 Å². The summed E-state index contributed by atoms with van der Waals surface area (Å²) in [5, 5.41) is 23.9. The Hall–Kier alpha value is -2.20. The Morgan fingerprint density at radius 1 is 0.938 bits per heavy atom. The number of phenols is 1. The number of para-hydroxylation sites is 3. The molecule has 0 amide bonds. The number of nitrogens with one attached hydrogen (secondary N) is 1. The average Bonchev–Trinajstić information content (AvgIpc) is 2.29. The van der Waals surface area contributed by atoms with Gasteiger partial charge in [0, 0.05) is 0 Å². The van der Waals surface area contributed by atoms with Crippen LogP contribution in [0.4, 0.5) is 22.7 Å². The van der Waals surface area contributed by atoms with Gasteiger partial charge in [-0.05, 0) is 24.3 Å². The molecule has 0 bridgehead atoms. The van der Waals surface area contributed by atoms with Crippen molar-refractivity contribution in [2.24, 2.45) is 0 Å². The summed E-state index contributed by atoms with van der Waals surface area (Å²) < 4.78 is 0. The Labute approximate surface area is 92.3 Å². The number of hydrogen-bond donors (Lipinski definition) is 3. The number of rotatable bonds is 0. The quantitative estimate of drug-likeness (QED) is 0.631. The van der Waals surface area contributed by atoms with E-state index in [-0.39, 0.29) is 5.75 Å². The molecule has 0 radical (unpaired) electrons. The van der Waals surface area contributed by atoms with Gasteiger partial charge in [-0.25, -0.2) is 5.06 Å². The van der Waals surface area contributed by atoms with Gasteiger partial charge in [0.05, 0.1) is 17.1 Å². The molecule has 4 nitrogen and oxygen atoms in total. The van der Waals surface area contributed by atoms with Gasteiger partial charge in [0.25, 0.3) is 0 Å². The van der Waals surface area contributed by atoms with Crippen LogP contribution in [0.5, 0.6) is 5.75 Å². The van der Waals surface area contributed by atoms with Crippen LogP contribution in [0.2, 0.25) is 0 Å². The summed E-state index contributed by atoms with van der Waals surface area (Å²) in [7, 11) is 0. The third-order valence-corrected chi connectivity index (χ3v) is 2.63. The summed E-state index contributed by atoms with van der Waals surface area (Å²) in [5.74, 6) is 0.0435. The van der Waals surface area contributed by atoms with E-state index in [9.17, 15) is 10.3 Å². The summed E-state index contributed by atoms with van der Waals surface area (Å²) in [4.78, 5) is 0. The maximum absolute atomic E-state index is 10.0. The molecule has 0 aliphatic carbocycles. The molecular weight excluding hydrogens is 204 g/mol. The van der Waals surface area contributed by atoms with Gasteiger partial charge in [-0.3, -0.25) is 5.21 Å². The van der Waals surface area contributed by atoms with Crippen LogP contribution >= 0.6 is 0 Å². The summed E-state index contributed by atoms with van der Waals surface area (Å²) in [6.45, 7) is 0. The number of aromatic hydroxyl groups is 1. The first-order valence-corrected chi connectivity index (χ1v) is 4.94. The maximum Gasteiger partial charge on any atom is 0.143 e. The smallest absolute Gasteiger partial charge is 0.143 e. The third-order valence-electron chi connectivity index (χ3n) is 2.63. The lowest BCUT2D eigenvalue weighted by Gasteiger charge is -2.29. The Morgan fingerprint density at radius 2 is 1.69 bits per heavy atom. The molecule has 3 rings (SSSR count). The fourth-order valence-electron chi connectivity index (χ4n) is 1.88. The van der Waals surface area contributed by atoms with E-state index in [0.29, 0.717) is 17.1 Å². The molecule has 0 fully saturated rings. The fraction of sp³-hybridized carbons (Fsp3) is 0. The van der Waals surface area contributed by atoms with E-state index >= 15 is 0 Å². The zero-order valence-corrected chi connectivity index (χ0v) is 8.38. The van der Waals surface area contributed by atoms with Gasteiger partial charge in [-0.1, -0.05) is 18.2 Å². The van der Waals surface area contributed by atoms with Gasteiger partial charge in [-0.2, -0.15) is 0 Å². The molecule has 1 aliphatic heterocycles.